The van der Waals surface area contributed by atoms with Crippen LogP contribution in [-0.2, 0) is 13.2 Å². The van der Waals surface area contributed by atoms with E-state index in [1.165, 1.54) is 0 Å². The second-order valence-electron chi connectivity index (χ2n) is 7.09. The Hall–Kier alpha value is -4.06. The molecule has 0 fully saturated rings. The summed E-state index contributed by atoms with van der Waals surface area (Å²) in [6.45, 7) is 0.757. The zero-order valence-electron chi connectivity index (χ0n) is 16.0. The maximum absolute atomic E-state index is 12.9. The molecule has 0 unspecified atom stereocenters. The lowest BCUT2D eigenvalue weighted by atomic mass is 9.83. The molecule has 0 saturated heterocycles. The van der Waals surface area contributed by atoms with Crippen molar-refractivity contribution in [2.45, 2.75) is 13.2 Å². The summed E-state index contributed by atoms with van der Waals surface area (Å²) in [6, 6.07) is 21.8. The summed E-state index contributed by atoms with van der Waals surface area (Å²) < 4.78 is 7.38. The molecule has 30 heavy (non-hydrogen) atoms. The number of nitrogens with zero attached hydrogens (tertiary/aromatic N) is 3. The first-order valence-corrected chi connectivity index (χ1v) is 9.57. The predicted molar refractivity (Wildman–Crippen MR) is 110 cm³/mol. The summed E-state index contributed by atoms with van der Waals surface area (Å²) in [5.74, 6) is 0.524. The molecule has 0 bridgehead atoms. The fourth-order valence-electron chi connectivity index (χ4n) is 3.59. The Bertz CT molecular complexity index is 1260. The monoisotopic (exact) mass is 395 g/mol. The van der Waals surface area contributed by atoms with Crippen LogP contribution in [0.1, 0.15) is 43.1 Å². The van der Waals surface area contributed by atoms with Crippen LogP contribution in [-0.4, -0.2) is 26.6 Å². The topological polar surface area (TPSA) is 74.1 Å². The number of ether oxygens (including phenoxy) is 1. The van der Waals surface area contributed by atoms with Gasteiger partial charge in [0, 0.05) is 22.3 Å². The zero-order valence-corrected chi connectivity index (χ0v) is 16.0. The van der Waals surface area contributed by atoms with E-state index >= 15 is 0 Å². The number of para-hydroxylation sites is 1. The minimum Gasteiger partial charge on any atom is -0.487 e. The van der Waals surface area contributed by atoms with Gasteiger partial charge in [-0.1, -0.05) is 53.7 Å². The second kappa shape index (κ2) is 7.40. The van der Waals surface area contributed by atoms with Gasteiger partial charge in [0.05, 0.1) is 12.7 Å². The number of carbonyl (C=O) groups is 2. The van der Waals surface area contributed by atoms with Crippen LogP contribution in [0.15, 0.2) is 79.0 Å². The van der Waals surface area contributed by atoms with Crippen LogP contribution < -0.4 is 4.74 Å². The van der Waals surface area contributed by atoms with Crippen molar-refractivity contribution >= 4 is 11.6 Å². The number of hydrogen-bond donors (Lipinski definition) is 0. The van der Waals surface area contributed by atoms with E-state index in [4.69, 9.17) is 4.74 Å². The molecule has 1 aromatic heterocycles. The van der Waals surface area contributed by atoms with E-state index in [0.717, 1.165) is 11.3 Å². The molecule has 6 heteroatoms. The van der Waals surface area contributed by atoms with Gasteiger partial charge in [0.25, 0.3) is 0 Å². The smallest absolute Gasteiger partial charge is 0.194 e. The number of hydrogen-bond acceptors (Lipinski definition) is 5. The average molecular weight is 395 g/mol. The molecule has 3 aromatic carbocycles. The predicted octanol–water partition coefficient (Wildman–Crippen LogP) is 3.68. The highest BCUT2D eigenvalue weighted by molar-refractivity contribution is 6.28. The van der Waals surface area contributed by atoms with Gasteiger partial charge >= 0.3 is 0 Å². The molecule has 0 amide bonds. The number of benzene rings is 3. The molecule has 0 N–H and O–H groups in total. The standard InChI is InChI=1S/C24H17N3O3/c28-23-19-8-4-5-9-20(19)24(29)22-12-16(10-11-21(22)23)13-27-14-17(25-26-27)15-30-18-6-2-1-3-7-18/h1-12,14H,13,15H2. The van der Waals surface area contributed by atoms with Gasteiger partial charge in [0.1, 0.15) is 18.1 Å². The van der Waals surface area contributed by atoms with Gasteiger partial charge in [-0.15, -0.1) is 5.10 Å². The summed E-state index contributed by atoms with van der Waals surface area (Å²) in [6.07, 6.45) is 1.81. The summed E-state index contributed by atoms with van der Waals surface area (Å²) in [5.41, 5.74) is 3.36. The first-order valence-electron chi connectivity index (χ1n) is 9.57. The van der Waals surface area contributed by atoms with Gasteiger partial charge < -0.3 is 4.74 Å². The van der Waals surface area contributed by atoms with Crippen LogP contribution in [0.3, 0.4) is 0 Å². The van der Waals surface area contributed by atoms with E-state index in [9.17, 15) is 9.59 Å². The Morgan fingerprint density at radius 3 is 2.20 bits per heavy atom. The van der Waals surface area contributed by atoms with E-state index in [1.807, 2.05) is 42.6 Å². The quantitative estimate of drug-likeness (QED) is 0.454. The van der Waals surface area contributed by atoms with Crippen molar-refractivity contribution < 1.29 is 14.3 Å². The molecule has 0 spiro atoms. The largest absolute Gasteiger partial charge is 0.487 e. The minimum absolute atomic E-state index is 0.118. The van der Waals surface area contributed by atoms with Gasteiger partial charge in [-0.3, -0.25) is 9.59 Å². The third kappa shape index (κ3) is 3.28. The number of carbonyl (C=O) groups excluding carboxylic acids is 2. The second-order valence-corrected chi connectivity index (χ2v) is 7.09. The summed E-state index contributed by atoms with van der Waals surface area (Å²) in [4.78, 5) is 25.6. The summed E-state index contributed by atoms with van der Waals surface area (Å²) >= 11 is 0. The first-order chi connectivity index (χ1) is 14.7. The van der Waals surface area contributed by atoms with Crippen molar-refractivity contribution in [3.8, 4) is 5.75 Å². The zero-order chi connectivity index (χ0) is 20.5. The van der Waals surface area contributed by atoms with E-state index in [-0.39, 0.29) is 11.6 Å². The van der Waals surface area contributed by atoms with Crippen LogP contribution in [0.4, 0.5) is 0 Å². The highest BCUT2D eigenvalue weighted by Crippen LogP contribution is 2.28. The van der Waals surface area contributed by atoms with E-state index in [1.54, 1.807) is 41.1 Å². The van der Waals surface area contributed by atoms with E-state index < -0.39 is 0 Å². The Kier molecular flexibility index (Phi) is 4.44. The molecule has 1 aliphatic carbocycles. The van der Waals surface area contributed by atoms with Crippen LogP contribution >= 0.6 is 0 Å². The van der Waals surface area contributed by atoms with Crippen molar-refractivity contribution in [1.82, 2.24) is 15.0 Å². The van der Waals surface area contributed by atoms with Gasteiger partial charge in [0.2, 0.25) is 0 Å². The maximum atomic E-state index is 12.9. The number of aromatic nitrogens is 3. The molecular weight excluding hydrogens is 378 g/mol. The molecule has 0 saturated carbocycles. The number of fused-ring (bicyclic) bond motifs is 2. The van der Waals surface area contributed by atoms with E-state index in [0.29, 0.717) is 41.1 Å². The first kappa shape index (κ1) is 18.0. The Morgan fingerprint density at radius 1 is 0.767 bits per heavy atom. The molecule has 5 rings (SSSR count). The van der Waals surface area contributed by atoms with Crippen molar-refractivity contribution in [2.24, 2.45) is 0 Å². The van der Waals surface area contributed by atoms with Crippen LogP contribution in [0.25, 0.3) is 0 Å². The van der Waals surface area contributed by atoms with Gasteiger partial charge in [-0.05, 0) is 29.8 Å². The highest BCUT2D eigenvalue weighted by atomic mass is 16.5. The molecule has 1 heterocycles. The molecular formula is C24H17N3O3. The fraction of sp³-hybridized carbons (Fsp3) is 0.0833. The molecule has 0 radical (unpaired) electrons. The molecule has 146 valence electrons. The summed E-state index contributed by atoms with van der Waals surface area (Å²) in [7, 11) is 0. The minimum atomic E-state index is -0.127. The number of rotatable bonds is 5. The fourth-order valence-corrected chi connectivity index (χ4v) is 3.59. The molecule has 0 atom stereocenters. The lowest BCUT2D eigenvalue weighted by molar-refractivity contribution is 0.0979. The normalized spacial score (nSPS) is 12.4. The Labute approximate surface area is 172 Å². The average Bonchev–Trinajstić information content (AvgIpc) is 3.24. The van der Waals surface area contributed by atoms with Gasteiger partial charge in [-0.25, -0.2) is 4.68 Å². The van der Waals surface area contributed by atoms with Crippen LogP contribution in [0, 0.1) is 0 Å². The molecule has 0 aliphatic heterocycles. The molecule has 6 nitrogen and oxygen atoms in total. The van der Waals surface area contributed by atoms with Gasteiger partial charge in [-0.2, -0.15) is 0 Å². The Morgan fingerprint density at radius 2 is 1.43 bits per heavy atom. The lowest BCUT2D eigenvalue weighted by Gasteiger charge is -2.18. The van der Waals surface area contributed by atoms with Crippen LogP contribution in [0.5, 0.6) is 5.75 Å². The van der Waals surface area contributed by atoms with Crippen molar-refractivity contribution in [3.05, 3.63) is 113 Å². The maximum Gasteiger partial charge on any atom is 0.194 e. The highest BCUT2D eigenvalue weighted by Gasteiger charge is 2.29. The van der Waals surface area contributed by atoms with Crippen molar-refractivity contribution in [3.63, 3.8) is 0 Å². The molecule has 4 aromatic rings. The van der Waals surface area contributed by atoms with Crippen LogP contribution in [0.2, 0.25) is 0 Å². The molecule has 1 aliphatic rings. The van der Waals surface area contributed by atoms with E-state index in [2.05, 4.69) is 10.3 Å². The third-order valence-electron chi connectivity index (χ3n) is 5.05. The lowest BCUT2D eigenvalue weighted by Crippen LogP contribution is -2.21. The SMILES string of the molecule is O=C1c2ccccc2C(=O)c2cc(Cn3cc(COc4ccccc4)nn3)ccc21. The third-order valence-corrected chi connectivity index (χ3v) is 5.05. The summed E-state index contributed by atoms with van der Waals surface area (Å²) in [5, 5.41) is 8.28. The number of ketones is 2. The van der Waals surface area contributed by atoms with Crippen molar-refractivity contribution in [2.75, 3.05) is 0 Å². The van der Waals surface area contributed by atoms with Gasteiger partial charge in [0.15, 0.2) is 11.6 Å². The Balaban J connectivity index is 1.34. The van der Waals surface area contributed by atoms with Crippen molar-refractivity contribution in [1.29, 1.82) is 0 Å².